The Bertz CT molecular complexity index is 550. The monoisotopic (exact) mass is 252 g/mol. The third-order valence-electron chi connectivity index (χ3n) is 4.18. The van der Waals surface area contributed by atoms with Crippen LogP contribution < -0.4 is 5.73 Å². The summed E-state index contributed by atoms with van der Waals surface area (Å²) < 4.78 is 0. The molecule has 98 valence electrons. The van der Waals surface area contributed by atoms with Crippen molar-refractivity contribution in [3.8, 4) is 0 Å². The zero-order valence-corrected chi connectivity index (χ0v) is 11.2. The van der Waals surface area contributed by atoms with Gasteiger partial charge in [0, 0.05) is 17.4 Å². The molecule has 0 fully saturated rings. The van der Waals surface area contributed by atoms with Crippen LogP contribution in [0.25, 0.3) is 0 Å². The SMILES string of the molecule is NC1(CCc2ccccn2)CCCc2ccccc21. The van der Waals surface area contributed by atoms with E-state index in [-0.39, 0.29) is 5.54 Å². The van der Waals surface area contributed by atoms with Crippen LogP contribution >= 0.6 is 0 Å². The maximum absolute atomic E-state index is 6.69. The number of benzene rings is 1. The van der Waals surface area contributed by atoms with Gasteiger partial charge in [0.2, 0.25) is 0 Å². The number of aromatic nitrogens is 1. The van der Waals surface area contributed by atoms with Gasteiger partial charge >= 0.3 is 0 Å². The molecule has 2 aromatic rings. The van der Waals surface area contributed by atoms with Crippen molar-refractivity contribution in [2.75, 3.05) is 0 Å². The Hall–Kier alpha value is -1.67. The Kier molecular flexibility index (Phi) is 3.34. The Morgan fingerprint density at radius 2 is 1.95 bits per heavy atom. The lowest BCUT2D eigenvalue weighted by Gasteiger charge is -2.36. The van der Waals surface area contributed by atoms with Gasteiger partial charge in [-0.15, -0.1) is 0 Å². The van der Waals surface area contributed by atoms with Crippen LogP contribution in [0.15, 0.2) is 48.7 Å². The summed E-state index contributed by atoms with van der Waals surface area (Å²) in [5, 5.41) is 0. The first-order chi connectivity index (χ1) is 9.28. The Balaban J connectivity index is 1.81. The van der Waals surface area contributed by atoms with Gasteiger partial charge in [-0.05, 0) is 55.4 Å². The number of nitrogens with zero attached hydrogens (tertiary/aromatic N) is 1. The quantitative estimate of drug-likeness (QED) is 0.911. The van der Waals surface area contributed by atoms with Crippen LogP contribution in [-0.4, -0.2) is 4.98 Å². The molecule has 1 aromatic carbocycles. The molecule has 0 radical (unpaired) electrons. The lowest BCUT2D eigenvalue weighted by atomic mass is 9.74. The molecule has 0 saturated carbocycles. The van der Waals surface area contributed by atoms with Crippen molar-refractivity contribution < 1.29 is 0 Å². The number of nitrogens with two attached hydrogens (primary N) is 1. The number of hydrogen-bond donors (Lipinski definition) is 1. The average molecular weight is 252 g/mol. The van der Waals surface area contributed by atoms with Crippen LogP contribution in [0.5, 0.6) is 0 Å². The van der Waals surface area contributed by atoms with Crippen molar-refractivity contribution in [2.45, 2.75) is 37.6 Å². The second-order valence-electron chi connectivity index (χ2n) is 5.49. The molecule has 2 heteroatoms. The number of rotatable bonds is 3. The van der Waals surface area contributed by atoms with Crippen molar-refractivity contribution in [1.82, 2.24) is 4.98 Å². The van der Waals surface area contributed by atoms with E-state index in [1.54, 1.807) is 0 Å². The predicted molar refractivity (Wildman–Crippen MR) is 77.8 cm³/mol. The zero-order valence-electron chi connectivity index (χ0n) is 11.2. The van der Waals surface area contributed by atoms with Gasteiger partial charge in [0.15, 0.2) is 0 Å². The van der Waals surface area contributed by atoms with Gasteiger partial charge in [-0.3, -0.25) is 4.98 Å². The summed E-state index contributed by atoms with van der Waals surface area (Å²) in [6.45, 7) is 0. The van der Waals surface area contributed by atoms with Gasteiger partial charge in [0.05, 0.1) is 0 Å². The summed E-state index contributed by atoms with van der Waals surface area (Å²) in [5.41, 5.74) is 10.4. The van der Waals surface area contributed by atoms with E-state index < -0.39 is 0 Å². The highest BCUT2D eigenvalue weighted by molar-refractivity contribution is 5.36. The fourth-order valence-electron chi connectivity index (χ4n) is 3.11. The molecule has 2 N–H and O–H groups in total. The van der Waals surface area contributed by atoms with E-state index in [1.807, 2.05) is 18.3 Å². The Labute approximate surface area is 114 Å². The molecule has 1 aromatic heterocycles. The minimum atomic E-state index is -0.174. The molecule has 1 unspecified atom stereocenters. The maximum Gasteiger partial charge on any atom is 0.0416 e. The van der Waals surface area contributed by atoms with E-state index in [9.17, 15) is 0 Å². The van der Waals surface area contributed by atoms with Crippen molar-refractivity contribution in [2.24, 2.45) is 5.73 Å². The third kappa shape index (κ3) is 2.54. The molecule has 0 aliphatic heterocycles. The fourth-order valence-corrected chi connectivity index (χ4v) is 3.11. The van der Waals surface area contributed by atoms with Crippen molar-refractivity contribution in [3.05, 3.63) is 65.5 Å². The second kappa shape index (κ2) is 5.14. The molecule has 1 atom stereocenters. The van der Waals surface area contributed by atoms with E-state index in [1.165, 1.54) is 24.0 Å². The van der Waals surface area contributed by atoms with E-state index in [4.69, 9.17) is 5.73 Å². The molecular formula is C17H20N2. The molecule has 19 heavy (non-hydrogen) atoms. The highest BCUT2D eigenvalue weighted by Crippen LogP contribution is 2.36. The first kappa shape index (κ1) is 12.4. The highest BCUT2D eigenvalue weighted by Gasteiger charge is 2.31. The maximum atomic E-state index is 6.69. The van der Waals surface area contributed by atoms with E-state index in [2.05, 4.69) is 35.3 Å². The van der Waals surface area contributed by atoms with E-state index >= 15 is 0 Å². The molecule has 0 amide bonds. The molecule has 1 aliphatic carbocycles. The predicted octanol–water partition coefficient (Wildman–Crippen LogP) is 3.20. The average Bonchev–Trinajstić information content (AvgIpc) is 2.47. The van der Waals surface area contributed by atoms with Gasteiger partial charge in [-0.25, -0.2) is 0 Å². The first-order valence-corrected chi connectivity index (χ1v) is 7.05. The summed E-state index contributed by atoms with van der Waals surface area (Å²) in [5.74, 6) is 0. The van der Waals surface area contributed by atoms with Crippen molar-refractivity contribution in [1.29, 1.82) is 0 Å². The van der Waals surface area contributed by atoms with Gasteiger partial charge < -0.3 is 5.73 Å². The van der Waals surface area contributed by atoms with Crippen LogP contribution in [0, 0.1) is 0 Å². The largest absolute Gasteiger partial charge is 0.321 e. The number of fused-ring (bicyclic) bond motifs is 1. The van der Waals surface area contributed by atoms with Crippen LogP contribution in [0.1, 0.15) is 36.1 Å². The molecule has 1 aliphatic rings. The second-order valence-corrected chi connectivity index (χ2v) is 5.49. The summed E-state index contributed by atoms with van der Waals surface area (Å²) >= 11 is 0. The van der Waals surface area contributed by atoms with Gasteiger partial charge in [-0.2, -0.15) is 0 Å². The summed E-state index contributed by atoms with van der Waals surface area (Å²) in [4.78, 5) is 4.39. The van der Waals surface area contributed by atoms with Crippen LogP contribution in [0.2, 0.25) is 0 Å². The molecule has 0 saturated heterocycles. The van der Waals surface area contributed by atoms with Crippen LogP contribution in [-0.2, 0) is 18.4 Å². The minimum absolute atomic E-state index is 0.174. The zero-order chi connectivity index (χ0) is 13.1. The molecule has 2 nitrogen and oxygen atoms in total. The summed E-state index contributed by atoms with van der Waals surface area (Å²) in [6, 6.07) is 14.7. The van der Waals surface area contributed by atoms with Gasteiger partial charge in [0.1, 0.15) is 0 Å². The lowest BCUT2D eigenvalue weighted by Crippen LogP contribution is -2.40. The molecule has 0 bridgehead atoms. The molecule has 0 spiro atoms. The summed E-state index contributed by atoms with van der Waals surface area (Å²) in [6.07, 6.45) is 7.21. The van der Waals surface area contributed by atoms with E-state index in [0.29, 0.717) is 0 Å². The smallest absolute Gasteiger partial charge is 0.0416 e. The topological polar surface area (TPSA) is 38.9 Å². The van der Waals surface area contributed by atoms with Crippen molar-refractivity contribution >= 4 is 0 Å². The number of hydrogen-bond acceptors (Lipinski definition) is 2. The minimum Gasteiger partial charge on any atom is -0.321 e. The third-order valence-corrected chi connectivity index (χ3v) is 4.18. The van der Waals surface area contributed by atoms with Crippen LogP contribution in [0.3, 0.4) is 0 Å². The van der Waals surface area contributed by atoms with Crippen molar-refractivity contribution in [3.63, 3.8) is 0 Å². The highest BCUT2D eigenvalue weighted by atomic mass is 14.8. The molecular weight excluding hydrogens is 232 g/mol. The Morgan fingerprint density at radius 3 is 2.79 bits per heavy atom. The number of pyridine rings is 1. The van der Waals surface area contributed by atoms with Crippen LogP contribution in [0.4, 0.5) is 0 Å². The first-order valence-electron chi connectivity index (χ1n) is 7.05. The van der Waals surface area contributed by atoms with Gasteiger partial charge in [-0.1, -0.05) is 30.3 Å². The standard InChI is InChI=1S/C17H20N2/c18-17(12-10-15-8-3-4-13-19-15)11-5-7-14-6-1-2-9-16(14)17/h1-4,6,8-9,13H,5,7,10-12,18H2. The number of aryl methyl sites for hydroxylation is 2. The Morgan fingerprint density at radius 1 is 1.11 bits per heavy atom. The normalized spacial score (nSPS) is 21.9. The molecule has 1 heterocycles. The lowest BCUT2D eigenvalue weighted by molar-refractivity contribution is 0.345. The summed E-state index contributed by atoms with van der Waals surface area (Å²) in [7, 11) is 0. The van der Waals surface area contributed by atoms with E-state index in [0.717, 1.165) is 25.0 Å². The molecule has 3 rings (SSSR count). The van der Waals surface area contributed by atoms with Gasteiger partial charge in [0.25, 0.3) is 0 Å². The fraction of sp³-hybridized carbons (Fsp3) is 0.353.